The largest absolute Gasteiger partial charge is 0.482 e. The zero-order valence-corrected chi connectivity index (χ0v) is 16.0. The fourth-order valence-electron chi connectivity index (χ4n) is 3.00. The van der Waals surface area contributed by atoms with E-state index in [4.69, 9.17) is 27.9 Å². The van der Waals surface area contributed by atoms with Crippen LogP contribution in [0, 0.1) is 0 Å². The van der Waals surface area contributed by atoms with Gasteiger partial charge in [-0.15, -0.1) is 0 Å². The van der Waals surface area contributed by atoms with Crippen molar-refractivity contribution in [3.63, 3.8) is 0 Å². The van der Waals surface area contributed by atoms with Crippen LogP contribution in [-0.2, 0) is 11.3 Å². The van der Waals surface area contributed by atoms with E-state index < -0.39 is 0 Å². The predicted molar refractivity (Wildman–Crippen MR) is 106 cm³/mol. The van der Waals surface area contributed by atoms with Gasteiger partial charge in [0, 0.05) is 23.3 Å². The van der Waals surface area contributed by atoms with Crippen LogP contribution >= 0.6 is 23.2 Å². The van der Waals surface area contributed by atoms with Crippen LogP contribution in [0.4, 0.5) is 5.69 Å². The number of amides is 1. The Morgan fingerprint density at radius 3 is 2.50 bits per heavy atom. The number of carbonyl (C=O) groups is 1. The van der Waals surface area contributed by atoms with E-state index in [1.165, 1.54) is 37.9 Å². The van der Waals surface area contributed by atoms with Crippen LogP contribution in [0.25, 0.3) is 0 Å². The molecular formula is C20H22Cl2N2O2. The highest BCUT2D eigenvalue weighted by Gasteiger charge is 2.11. The summed E-state index contributed by atoms with van der Waals surface area (Å²) in [7, 11) is 0. The van der Waals surface area contributed by atoms with Gasteiger partial charge in [0.1, 0.15) is 5.75 Å². The van der Waals surface area contributed by atoms with Gasteiger partial charge in [0.15, 0.2) is 6.61 Å². The Hall–Kier alpha value is -1.75. The second kappa shape index (κ2) is 9.26. The van der Waals surface area contributed by atoms with E-state index in [1.54, 1.807) is 18.2 Å². The lowest BCUT2D eigenvalue weighted by Crippen LogP contribution is -2.29. The summed E-state index contributed by atoms with van der Waals surface area (Å²) in [6.07, 6.45) is 3.90. The number of anilines is 1. The zero-order valence-electron chi connectivity index (χ0n) is 14.5. The number of rotatable bonds is 6. The van der Waals surface area contributed by atoms with E-state index in [-0.39, 0.29) is 12.5 Å². The molecular weight excluding hydrogens is 371 g/mol. The van der Waals surface area contributed by atoms with Gasteiger partial charge in [0.05, 0.1) is 5.02 Å². The Balaban J connectivity index is 1.48. The molecule has 1 heterocycles. The van der Waals surface area contributed by atoms with Crippen LogP contribution in [0.5, 0.6) is 5.75 Å². The topological polar surface area (TPSA) is 41.6 Å². The Morgan fingerprint density at radius 1 is 1.04 bits per heavy atom. The molecule has 138 valence electrons. The van der Waals surface area contributed by atoms with Gasteiger partial charge in [0.25, 0.3) is 5.91 Å². The maximum atomic E-state index is 12.1. The van der Waals surface area contributed by atoms with Gasteiger partial charge in [-0.3, -0.25) is 9.69 Å². The minimum Gasteiger partial charge on any atom is -0.482 e. The number of likely N-dealkylation sites (tertiary alicyclic amines) is 1. The Kier molecular flexibility index (Phi) is 6.78. The van der Waals surface area contributed by atoms with Crippen LogP contribution in [0.2, 0.25) is 10.0 Å². The third-order valence-corrected chi connectivity index (χ3v) is 4.89. The van der Waals surface area contributed by atoms with Crippen molar-refractivity contribution in [3.8, 4) is 5.75 Å². The van der Waals surface area contributed by atoms with Crippen LogP contribution < -0.4 is 10.1 Å². The minimum atomic E-state index is -0.246. The maximum Gasteiger partial charge on any atom is 0.262 e. The Labute approximate surface area is 164 Å². The number of piperidine rings is 1. The van der Waals surface area contributed by atoms with Crippen molar-refractivity contribution in [1.82, 2.24) is 4.90 Å². The van der Waals surface area contributed by atoms with Gasteiger partial charge >= 0.3 is 0 Å². The molecule has 4 nitrogen and oxygen atoms in total. The summed E-state index contributed by atoms with van der Waals surface area (Å²) in [6.45, 7) is 3.17. The SMILES string of the molecule is O=C(COc1cc(Cl)ccc1Cl)Nc1ccc(CN2CCCCC2)cc1. The highest BCUT2D eigenvalue weighted by atomic mass is 35.5. The molecule has 1 fully saturated rings. The number of halogens is 2. The Morgan fingerprint density at radius 2 is 1.77 bits per heavy atom. The van der Waals surface area contributed by atoms with Crippen molar-refractivity contribution in [2.24, 2.45) is 0 Å². The first-order valence-corrected chi connectivity index (χ1v) is 9.55. The van der Waals surface area contributed by atoms with Gasteiger partial charge in [-0.2, -0.15) is 0 Å². The molecule has 0 atom stereocenters. The van der Waals surface area contributed by atoms with Gasteiger partial charge in [-0.25, -0.2) is 0 Å². The number of benzene rings is 2. The van der Waals surface area contributed by atoms with Crippen molar-refractivity contribution in [2.45, 2.75) is 25.8 Å². The van der Waals surface area contributed by atoms with Crippen LogP contribution in [0.1, 0.15) is 24.8 Å². The van der Waals surface area contributed by atoms with Crippen molar-refractivity contribution in [1.29, 1.82) is 0 Å². The number of carbonyl (C=O) groups excluding carboxylic acids is 1. The smallest absolute Gasteiger partial charge is 0.262 e. The molecule has 0 aromatic heterocycles. The average Bonchev–Trinajstić information content (AvgIpc) is 2.65. The van der Waals surface area contributed by atoms with E-state index in [2.05, 4.69) is 22.3 Å². The fourth-order valence-corrected chi connectivity index (χ4v) is 3.33. The molecule has 26 heavy (non-hydrogen) atoms. The van der Waals surface area contributed by atoms with Crippen molar-refractivity contribution >= 4 is 34.8 Å². The average molecular weight is 393 g/mol. The minimum absolute atomic E-state index is 0.129. The molecule has 0 unspecified atom stereocenters. The number of nitrogens with zero attached hydrogens (tertiary/aromatic N) is 1. The molecule has 0 bridgehead atoms. The van der Waals surface area contributed by atoms with Gasteiger partial charge < -0.3 is 10.1 Å². The number of hydrogen-bond acceptors (Lipinski definition) is 3. The van der Waals surface area contributed by atoms with E-state index in [0.717, 1.165) is 12.2 Å². The normalized spacial score (nSPS) is 14.8. The van der Waals surface area contributed by atoms with Crippen LogP contribution in [0.3, 0.4) is 0 Å². The van der Waals surface area contributed by atoms with Crippen molar-refractivity contribution in [3.05, 3.63) is 58.1 Å². The standard InChI is InChI=1S/C20H22Cl2N2O2/c21-16-6-9-18(22)19(12-16)26-14-20(25)23-17-7-4-15(5-8-17)13-24-10-2-1-3-11-24/h4-9,12H,1-3,10-11,13-14H2,(H,23,25). The summed E-state index contributed by atoms with van der Waals surface area (Å²) < 4.78 is 5.44. The molecule has 0 radical (unpaired) electrons. The quantitative estimate of drug-likeness (QED) is 0.751. The number of nitrogens with one attached hydrogen (secondary N) is 1. The lowest BCUT2D eigenvalue weighted by atomic mass is 10.1. The molecule has 2 aromatic carbocycles. The van der Waals surface area contributed by atoms with Gasteiger partial charge in [0.2, 0.25) is 0 Å². The van der Waals surface area contributed by atoms with E-state index in [1.807, 2.05) is 12.1 Å². The summed E-state index contributed by atoms with van der Waals surface area (Å²) in [6, 6.07) is 12.8. The summed E-state index contributed by atoms with van der Waals surface area (Å²) in [4.78, 5) is 14.5. The fraction of sp³-hybridized carbons (Fsp3) is 0.350. The Bertz CT molecular complexity index is 744. The molecule has 1 amide bonds. The third-order valence-electron chi connectivity index (χ3n) is 4.34. The molecule has 3 rings (SSSR count). The van der Waals surface area contributed by atoms with Crippen LogP contribution in [-0.4, -0.2) is 30.5 Å². The maximum absolute atomic E-state index is 12.1. The summed E-state index contributed by atoms with van der Waals surface area (Å²) in [5.74, 6) is 0.149. The molecule has 1 N–H and O–H groups in total. The summed E-state index contributed by atoms with van der Waals surface area (Å²) in [5, 5.41) is 3.75. The number of ether oxygens (including phenoxy) is 1. The highest BCUT2D eigenvalue weighted by molar-refractivity contribution is 6.34. The molecule has 6 heteroatoms. The molecule has 1 aliphatic rings. The summed E-state index contributed by atoms with van der Waals surface area (Å²) >= 11 is 11.9. The predicted octanol–water partition coefficient (Wildman–Crippen LogP) is 5.00. The second-order valence-corrected chi connectivity index (χ2v) is 7.29. The monoisotopic (exact) mass is 392 g/mol. The lowest BCUT2D eigenvalue weighted by molar-refractivity contribution is -0.118. The molecule has 1 saturated heterocycles. The highest BCUT2D eigenvalue weighted by Crippen LogP contribution is 2.27. The van der Waals surface area contributed by atoms with Crippen molar-refractivity contribution < 1.29 is 9.53 Å². The summed E-state index contributed by atoms with van der Waals surface area (Å²) in [5.41, 5.74) is 2.00. The first-order chi connectivity index (χ1) is 12.6. The molecule has 2 aromatic rings. The molecule has 0 saturated carbocycles. The molecule has 0 spiro atoms. The van der Waals surface area contributed by atoms with Gasteiger partial charge in [-0.05, 0) is 55.8 Å². The third kappa shape index (κ3) is 5.63. The second-order valence-electron chi connectivity index (χ2n) is 6.45. The van der Waals surface area contributed by atoms with E-state index >= 15 is 0 Å². The first-order valence-electron chi connectivity index (χ1n) is 8.79. The first kappa shape index (κ1) is 19.0. The van der Waals surface area contributed by atoms with E-state index in [0.29, 0.717) is 15.8 Å². The molecule has 1 aliphatic heterocycles. The van der Waals surface area contributed by atoms with Crippen LogP contribution in [0.15, 0.2) is 42.5 Å². The number of hydrogen-bond donors (Lipinski definition) is 1. The zero-order chi connectivity index (χ0) is 18.4. The van der Waals surface area contributed by atoms with E-state index in [9.17, 15) is 4.79 Å². The molecule has 0 aliphatic carbocycles. The van der Waals surface area contributed by atoms with Crippen molar-refractivity contribution in [2.75, 3.05) is 25.0 Å². The van der Waals surface area contributed by atoms with Gasteiger partial charge in [-0.1, -0.05) is 41.8 Å². The lowest BCUT2D eigenvalue weighted by Gasteiger charge is -2.26.